The Balaban J connectivity index is 2.70. The molecule has 3 heteroatoms. The molecule has 0 aliphatic carbocycles. The lowest BCUT2D eigenvalue weighted by Gasteiger charge is -2.12. The molecule has 1 unspecified atom stereocenters. The minimum absolute atomic E-state index is 0.0189. The van der Waals surface area contributed by atoms with Crippen molar-refractivity contribution in [2.24, 2.45) is 5.73 Å². The lowest BCUT2D eigenvalue weighted by Crippen LogP contribution is -2.18. The number of hydrogen-bond acceptors (Lipinski definition) is 2. The lowest BCUT2D eigenvalue weighted by molar-refractivity contribution is 0.322. The van der Waals surface area contributed by atoms with Gasteiger partial charge in [0.1, 0.15) is 11.6 Å². The predicted molar refractivity (Wildman–Crippen MR) is 67.3 cm³/mol. The lowest BCUT2D eigenvalue weighted by atomic mass is 10.1. The van der Waals surface area contributed by atoms with E-state index in [1.165, 1.54) is 12.1 Å². The Bertz CT molecular complexity index is 418. The third kappa shape index (κ3) is 4.88. The largest absolute Gasteiger partial charge is 0.492 e. The van der Waals surface area contributed by atoms with Gasteiger partial charge in [0.15, 0.2) is 0 Å². The normalized spacial score (nSPS) is 11.5. The maximum atomic E-state index is 13.1. The summed E-state index contributed by atoms with van der Waals surface area (Å²) < 4.78 is 18.7. The van der Waals surface area contributed by atoms with E-state index in [2.05, 4.69) is 11.8 Å². The van der Waals surface area contributed by atoms with Gasteiger partial charge in [0, 0.05) is 12.5 Å². The second-order valence-electron chi connectivity index (χ2n) is 3.96. The van der Waals surface area contributed by atoms with Crippen molar-refractivity contribution in [1.82, 2.24) is 0 Å². The van der Waals surface area contributed by atoms with Gasteiger partial charge in [-0.1, -0.05) is 0 Å². The molecule has 92 valence electrons. The molecule has 0 spiro atoms. The van der Waals surface area contributed by atoms with Gasteiger partial charge in [-0.2, -0.15) is 0 Å². The number of nitrogens with two attached hydrogens (primary N) is 1. The van der Waals surface area contributed by atoms with Crippen LogP contribution >= 0.6 is 0 Å². The highest BCUT2D eigenvalue weighted by molar-refractivity contribution is 5.34. The summed E-state index contributed by atoms with van der Waals surface area (Å²) in [6.07, 6.45) is 1.28. The minimum Gasteiger partial charge on any atom is -0.492 e. The Morgan fingerprint density at radius 2 is 2.24 bits per heavy atom. The van der Waals surface area contributed by atoms with E-state index in [1.54, 1.807) is 13.0 Å². The quantitative estimate of drug-likeness (QED) is 0.628. The van der Waals surface area contributed by atoms with Gasteiger partial charge < -0.3 is 10.5 Å². The van der Waals surface area contributed by atoms with Crippen LogP contribution in [-0.2, 0) is 6.42 Å². The molecule has 0 heterocycles. The van der Waals surface area contributed by atoms with Crippen LogP contribution in [0.15, 0.2) is 18.2 Å². The molecule has 0 fully saturated rings. The summed E-state index contributed by atoms with van der Waals surface area (Å²) >= 11 is 0. The average Bonchev–Trinajstić information content (AvgIpc) is 2.26. The third-order valence-electron chi connectivity index (χ3n) is 2.23. The van der Waals surface area contributed by atoms with Crippen LogP contribution in [0, 0.1) is 17.7 Å². The van der Waals surface area contributed by atoms with Gasteiger partial charge in [0.2, 0.25) is 0 Å². The van der Waals surface area contributed by atoms with Crippen molar-refractivity contribution < 1.29 is 9.13 Å². The van der Waals surface area contributed by atoms with Crippen molar-refractivity contribution >= 4 is 0 Å². The van der Waals surface area contributed by atoms with Gasteiger partial charge in [-0.25, -0.2) is 4.39 Å². The Hall–Kier alpha value is -1.53. The third-order valence-corrected chi connectivity index (χ3v) is 2.23. The van der Waals surface area contributed by atoms with Crippen molar-refractivity contribution in [3.05, 3.63) is 29.6 Å². The van der Waals surface area contributed by atoms with E-state index < -0.39 is 0 Å². The smallest absolute Gasteiger partial charge is 0.123 e. The van der Waals surface area contributed by atoms with Crippen molar-refractivity contribution in [1.29, 1.82) is 0 Å². The molecular weight excluding hydrogens is 217 g/mol. The molecule has 0 bridgehead atoms. The van der Waals surface area contributed by atoms with Crippen LogP contribution in [0.2, 0.25) is 0 Å². The molecule has 2 nitrogen and oxygen atoms in total. The van der Waals surface area contributed by atoms with E-state index in [0.29, 0.717) is 25.2 Å². The maximum Gasteiger partial charge on any atom is 0.123 e. The summed E-state index contributed by atoms with van der Waals surface area (Å²) in [5, 5.41) is 0. The molecule has 1 rings (SSSR count). The van der Waals surface area contributed by atoms with Crippen molar-refractivity contribution in [2.45, 2.75) is 32.7 Å². The van der Waals surface area contributed by atoms with Crippen LogP contribution in [0.25, 0.3) is 0 Å². The molecular formula is C14H18FNO. The highest BCUT2D eigenvalue weighted by atomic mass is 19.1. The summed E-state index contributed by atoms with van der Waals surface area (Å²) in [6.45, 7) is 4.19. The minimum atomic E-state index is -0.263. The van der Waals surface area contributed by atoms with Gasteiger partial charge in [-0.05, 0) is 44.0 Å². The number of ether oxygens (including phenoxy) is 1. The summed E-state index contributed by atoms with van der Waals surface area (Å²) in [5.41, 5.74) is 6.53. The van der Waals surface area contributed by atoms with Crippen LogP contribution in [0.3, 0.4) is 0 Å². The van der Waals surface area contributed by atoms with Gasteiger partial charge >= 0.3 is 0 Å². The molecule has 0 saturated heterocycles. The van der Waals surface area contributed by atoms with E-state index in [0.717, 1.165) is 5.56 Å². The SMILES string of the molecule is CC#CCCOc1ccc(F)cc1CC(C)N. The summed E-state index contributed by atoms with van der Waals surface area (Å²) in [6, 6.07) is 4.50. The fourth-order valence-electron chi connectivity index (χ4n) is 1.53. The highest BCUT2D eigenvalue weighted by Gasteiger charge is 2.07. The molecule has 17 heavy (non-hydrogen) atoms. The van der Waals surface area contributed by atoms with Crippen molar-refractivity contribution in [3.63, 3.8) is 0 Å². The average molecular weight is 235 g/mol. The first-order valence-corrected chi connectivity index (χ1v) is 5.70. The fourth-order valence-corrected chi connectivity index (χ4v) is 1.53. The second-order valence-corrected chi connectivity index (χ2v) is 3.96. The first-order chi connectivity index (χ1) is 8.13. The fraction of sp³-hybridized carbons (Fsp3) is 0.429. The molecule has 0 aliphatic heterocycles. The maximum absolute atomic E-state index is 13.1. The van der Waals surface area contributed by atoms with E-state index in [-0.39, 0.29) is 11.9 Å². The van der Waals surface area contributed by atoms with E-state index in [9.17, 15) is 4.39 Å². The van der Waals surface area contributed by atoms with Crippen LogP contribution in [0.4, 0.5) is 4.39 Å². The van der Waals surface area contributed by atoms with E-state index in [1.807, 2.05) is 6.92 Å². The van der Waals surface area contributed by atoms with Crippen LogP contribution in [-0.4, -0.2) is 12.6 Å². The number of hydrogen-bond donors (Lipinski definition) is 1. The number of halogens is 1. The summed E-state index contributed by atoms with van der Waals surface area (Å²) in [4.78, 5) is 0. The van der Waals surface area contributed by atoms with E-state index >= 15 is 0 Å². The Morgan fingerprint density at radius 1 is 1.47 bits per heavy atom. The molecule has 2 N–H and O–H groups in total. The molecule has 0 amide bonds. The van der Waals surface area contributed by atoms with Crippen molar-refractivity contribution in [3.8, 4) is 17.6 Å². The zero-order valence-corrected chi connectivity index (χ0v) is 10.3. The number of rotatable bonds is 5. The number of benzene rings is 1. The predicted octanol–water partition coefficient (Wildman–Crippen LogP) is 2.51. The standard InChI is InChI=1S/C14H18FNO/c1-3-4-5-8-17-14-7-6-13(15)10-12(14)9-11(2)16/h6-7,10-11H,5,8-9,16H2,1-2H3. The van der Waals surface area contributed by atoms with Crippen molar-refractivity contribution in [2.75, 3.05) is 6.61 Å². The van der Waals surface area contributed by atoms with Gasteiger partial charge in [0.05, 0.1) is 6.61 Å². The molecule has 0 aromatic heterocycles. The topological polar surface area (TPSA) is 35.2 Å². The Labute approximate surface area is 102 Å². The van der Waals surface area contributed by atoms with Gasteiger partial charge in [-0.15, -0.1) is 11.8 Å². The molecule has 1 aromatic rings. The monoisotopic (exact) mass is 235 g/mol. The van der Waals surface area contributed by atoms with Crippen LogP contribution in [0.1, 0.15) is 25.8 Å². The Morgan fingerprint density at radius 3 is 2.88 bits per heavy atom. The molecule has 0 radical (unpaired) electrons. The van der Waals surface area contributed by atoms with Crippen LogP contribution < -0.4 is 10.5 Å². The highest BCUT2D eigenvalue weighted by Crippen LogP contribution is 2.21. The first kappa shape index (κ1) is 13.5. The molecule has 0 aliphatic rings. The zero-order valence-electron chi connectivity index (χ0n) is 10.3. The summed E-state index contributed by atoms with van der Waals surface area (Å²) in [7, 11) is 0. The second kappa shape index (κ2) is 6.93. The molecule has 1 atom stereocenters. The van der Waals surface area contributed by atoms with E-state index in [4.69, 9.17) is 10.5 Å². The Kier molecular flexibility index (Phi) is 5.51. The first-order valence-electron chi connectivity index (χ1n) is 5.70. The van der Waals surface area contributed by atoms with Crippen LogP contribution in [0.5, 0.6) is 5.75 Å². The summed E-state index contributed by atoms with van der Waals surface area (Å²) in [5.74, 6) is 6.15. The zero-order chi connectivity index (χ0) is 12.7. The molecule has 1 aromatic carbocycles. The van der Waals surface area contributed by atoms with Gasteiger partial charge in [0.25, 0.3) is 0 Å². The van der Waals surface area contributed by atoms with Gasteiger partial charge in [-0.3, -0.25) is 0 Å². The molecule has 0 saturated carbocycles.